The van der Waals surface area contributed by atoms with E-state index in [1.165, 1.54) is 0 Å². The first kappa shape index (κ1) is 21.1. The van der Waals surface area contributed by atoms with Gasteiger partial charge in [-0.1, -0.05) is 42.5 Å². The number of nitrogens with one attached hydrogen (secondary N) is 2. The standard InChI is InChI=1S/C21H25F3N4O/c1-14-6-5-9-16(12-14)26-20-25-13-17(21(22,23)24)19(28-20)27-18(10-11-29)15-7-3-2-4-8-15/h2-4,7-8,13,16,18,29H,1,5-6,9-12H2,(H2,25,26,27,28)/t16-,18?/m1/s1. The summed E-state index contributed by atoms with van der Waals surface area (Å²) in [7, 11) is 0. The van der Waals surface area contributed by atoms with Gasteiger partial charge in [-0.25, -0.2) is 4.98 Å². The molecule has 0 bridgehead atoms. The Bertz CT molecular complexity index is 826. The van der Waals surface area contributed by atoms with Gasteiger partial charge in [-0.2, -0.15) is 18.2 Å². The molecule has 5 nitrogen and oxygen atoms in total. The van der Waals surface area contributed by atoms with Crippen molar-refractivity contribution in [3.05, 3.63) is 59.8 Å². The van der Waals surface area contributed by atoms with Crippen LogP contribution >= 0.6 is 0 Å². The van der Waals surface area contributed by atoms with Crippen LogP contribution in [0.5, 0.6) is 0 Å². The van der Waals surface area contributed by atoms with Gasteiger partial charge in [-0.3, -0.25) is 0 Å². The highest BCUT2D eigenvalue weighted by molar-refractivity contribution is 5.50. The molecule has 2 aromatic rings. The lowest BCUT2D eigenvalue weighted by molar-refractivity contribution is -0.137. The van der Waals surface area contributed by atoms with E-state index in [0.717, 1.165) is 43.0 Å². The van der Waals surface area contributed by atoms with Gasteiger partial charge >= 0.3 is 6.18 Å². The number of anilines is 2. The predicted octanol–water partition coefficient (Wildman–Crippen LogP) is 4.94. The number of nitrogens with zero attached hydrogens (tertiary/aromatic N) is 2. The maximum atomic E-state index is 13.5. The van der Waals surface area contributed by atoms with Crippen LogP contribution in [0.4, 0.5) is 24.9 Å². The Balaban J connectivity index is 1.88. The van der Waals surface area contributed by atoms with Gasteiger partial charge in [0.15, 0.2) is 0 Å². The summed E-state index contributed by atoms with van der Waals surface area (Å²) in [6, 6.07) is 8.57. The highest BCUT2D eigenvalue weighted by Gasteiger charge is 2.36. The summed E-state index contributed by atoms with van der Waals surface area (Å²) in [6.45, 7) is 3.83. The number of aliphatic hydroxyl groups is 1. The van der Waals surface area contributed by atoms with Crippen molar-refractivity contribution in [3.63, 3.8) is 0 Å². The maximum Gasteiger partial charge on any atom is 0.421 e. The topological polar surface area (TPSA) is 70.1 Å². The molecule has 3 rings (SSSR count). The third kappa shape index (κ3) is 5.69. The molecule has 1 fully saturated rings. The fourth-order valence-electron chi connectivity index (χ4n) is 3.53. The first-order valence-electron chi connectivity index (χ1n) is 9.66. The second-order valence-corrected chi connectivity index (χ2v) is 7.26. The highest BCUT2D eigenvalue weighted by atomic mass is 19.4. The molecule has 0 amide bonds. The molecule has 0 saturated heterocycles. The van der Waals surface area contributed by atoms with Crippen LogP contribution < -0.4 is 10.6 Å². The molecule has 1 aliphatic rings. The van der Waals surface area contributed by atoms with Gasteiger partial charge in [0.25, 0.3) is 0 Å². The second kappa shape index (κ2) is 9.26. The van der Waals surface area contributed by atoms with Crippen LogP contribution in [0.1, 0.15) is 49.3 Å². The summed E-state index contributed by atoms with van der Waals surface area (Å²) in [5.74, 6) is -0.150. The molecule has 8 heteroatoms. The number of halogens is 3. The van der Waals surface area contributed by atoms with E-state index in [2.05, 4.69) is 27.2 Å². The molecular weight excluding hydrogens is 381 g/mol. The molecule has 0 spiro atoms. The van der Waals surface area contributed by atoms with Crippen molar-refractivity contribution in [2.75, 3.05) is 17.2 Å². The lowest BCUT2D eigenvalue weighted by Gasteiger charge is -2.26. The van der Waals surface area contributed by atoms with Crippen LogP contribution in [0.2, 0.25) is 0 Å². The van der Waals surface area contributed by atoms with Crippen LogP contribution in [0.3, 0.4) is 0 Å². The quantitative estimate of drug-likeness (QED) is 0.568. The SMILES string of the molecule is C=C1CCC[C@@H](Nc2ncc(C(F)(F)F)c(NC(CCO)c3ccccc3)n2)C1. The summed E-state index contributed by atoms with van der Waals surface area (Å²) in [5.41, 5.74) is 0.951. The summed E-state index contributed by atoms with van der Waals surface area (Å²) in [4.78, 5) is 8.03. The number of aromatic nitrogens is 2. The molecule has 2 atom stereocenters. The zero-order valence-electron chi connectivity index (χ0n) is 16.0. The Kier molecular flexibility index (Phi) is 6.74. The number of hydrogen-bond acceptors (Lipinski definition) is 5. The van der Waals surface area contributed by atoms with E-state index in [9.17, 15) is 18.3 Å². The first-order valence-corrected chi connectivity index (χ1v) is 9.66. The van der Waals surface area contributed by atoms with Gasteiger partial charge in [0.2, 0.25) is 5.95 Å². The fraction of sp³-hybridized carbons (Fsp3) is 0.429. The van der Waals surface area contributed by atoms with Crippen molar-refractivity contribution in [2.24, 2.45) is 0 Å². The molecule has 1 aromatic heterocycles. The van der Waals surface area contributed by atoms with Crippen molar-refractivity contribution >= 4 is 11.8 Å². The third-order valence-corrected chi connectivity index (χ3v) is 4.98. The van der Waals surface area contributed by atoms with Gasteiger partial charge in [-0.05, 0) is 37.7 Å². The summed E-state index contributed by atoms with van der Waals surface area (Å²) in [6.07, 6.45) is 0.0501. The molecule has 156 valence electrons. The minimum atomic E-state index is -4.60. The van der Waals surface area contributed by atoms with Crippen molar-refractivity contribution in [1.82, 2.24) is 9.97 Å². The van der Waals surface area contributed by atoms with Crippen LogP contribution in [0.15, 0.2) is 48.7 Å². The Morgan fingerprint density at radius 3 is 2.66 bits per heavy atom. The van der Waals surface area contributed by atoms with E-state index in [0.29, 0.717) is 0 Å². The summed E-state index contributed by atoms with van der Waals surface area (Å²) >= 11 is 0. The van der Waals surface area contributed by atoms with E-state index in [1.807, 2.05) is 6.07 Å². The van der Waals surface area contributed by atoms with Crippen molar-refractivity contribution in [2.45, 2.75) is 50.4 Å². The molecule has 1 aliphatic carbocycles. The fourth-order valence-corrected chi connectivity index (χ4v) is 3.53. The summed E-state index contributed by atoms with van der Waals surface area (Å²) in [5, 5.41) is 15.4. The molecule has 1 heterocycles. The second-order valence-electron chi connectivity index (χ2n) is 7.26. The monoisotopic (exact) mass is 406 g/mol. The van der Waals surface area contributed by atoms with E-state index < -0.39 is 17.8 Å². The van der Waals surface area contributed by atoms with Gasteiger partial charge in [0, 0.05) is 18.8 Å². The zero-order valence-corrected chi connectivity index (χ0v) is 16.0. The molecule has 1 unspecified atom stereocenters. The average Bonchev–Trinajstić information content (AvgIpc) is 2.68. The lowest BCUT2D eigenvalue weighted by Crippen LogP contribution is -2.25. The normalized spacial score (nSPS) is 18.3. The largest absolute Gasteiger partial charge is 0.421 e. The molecule has 0 aliphatic heterocycles. The molecule has 1 aromatic carbocycles. The van der Waals surface area contributed by atoms with Crippen LogP contribution in [-0.2, 0) is 6.18 Å². The molecular formula is C21H25F3N4O. The van der Waals surface area contributed by atoms with E-state index >= 15 is 0 Å². The van der Waals surface area contributed by atoms with Gasteiger partial charge in [0.1, 0.15) is 11.4 Å². The summed E-state index contributed by atoms with van der Waals surface area (Å²) < 4.78 is 40.6. The highest BCUT2D eigenvalue weighted by Crippen LogP contribution is 2.36. The minimum Gasteiger partial charge on any atom is -0.396 e. The Morgan fingerprint density at radius 2 is 2.00 bits per heavy atom. The Hall–Kier alpha value is -2.61. The number of aliphatic hydroxyl groups excluding tert-OH is 1. The van der Waals surface area contributed by atoms with Crippen molar-refractivity contribution < 1.29 is 18.3 Å². The minimum absolute atomic E-state index is 0.0585. The van der Waals surface area contributed by atoms with E-state index in [1.54, 1.807) is 24.3 Å². The lowest BCUT2D eigenvalue weighted by atomic mass is 9.92. The first-order chi connectivity index (χ1) is 13.9. The molecule has 29 heavy (non-hydrogen) atoms. The Labute approximate surface area is 168 Å². The molecule has 1 saturated carbocycles. The van der Waals surface area contributed by atoms with Crippen LogP contribution in [-0.4, -0.2) is 27.7 Å². The van der Waals surface area contributed by atoms with Crippen molar-refractivity contribution in [3.8, 4) is 0 Å². The zero-order chi connectivity index (χ0) is 20.9. The molecule has 3 N–H and O–H groups in total. The Morgan fingerprint density at radius 1 is 1.24 bits per heavy atom. The predicted molar refractivity (Wildman–Crippen MR) is 107 cm³/mol. The number of hydrogen-bond donors (Lipinski definition) is 3. The van der Waals surface area contributed by atoms with E-state index in [4.69, 9.17) is 0 Å². The smallest absolute Gasteiger partial charge is 0.396 e. The number of rotatable bonds is 7. The molecule has 0 radical (unpaired) electrons. The van der Waals surface area contributed by atoms with Crippen LogP contribution in [0, 0.1) is 0 Å². The van der Waals surface area contributed by atoms with Crippen LogP contribution in [0.25, 0.3) is 0 Å². The van der Waals surface area contributed by atoms with Gasteiger partial charge < -0.3 is 15.7 Å². The van der Waals surface area contributed by atoms with Gasteiger partial charge in [0.05, 0.1) is 6.04 Å². The van der Waals surface area contributed by atoms with Crippen molar-refractivity contribution in [1.29, 1.82) is 0 Å². The third-order valence-electron chi connectivity index (χ3n) is 4.98. The van der Waals surface area contributed by atoms with Gasteiger partial charge in [-0.15, -0.1) is 0 Å². The maximum absolute atomic E-state index is 13.5. The number of benzene rings is 1. The van der Waals surface area contributed by atoms with E-state index in [-0.39, 0.29) is 30.8 Å². The average molecular weight is 406 g/mol. The number of alkyl halides is 3.